The summed E-state index contributed by atoms with van der Waals surface area (Å²) in [5.74, 6) is 0.826. The Kier molecular flexibility index (Phi) is 4.87. The van der Waals surface area contributed by atoms with E-state index < -0.39 is 5.63 Å². The zero-order chi connectivity index (χ0) is 20.4. The number of amides is 1. The van der Waals surface area contributed by atoms with Crippen LogP contribution in [0.15, 0.2) is 63.9 Å². The minimum Gasteiger partial charge on any atom is -0.497 e. The molecule has 2 heterocycles. The third-order valence-electron chi connectivity index (χ3n) is 4.47. The molecule has 7 nitrogen and oxygen atoms in total. The van der Waals surface area contributed by atoms with Crippen molar-refractivity contribution in [3.8, 4) is 11.5 Å². The number of benzene rings is 2. The molecule has 0 aliphatic carbocycles. The molecule has 0 aliphatic rings. The summed E-state index contributed by atoms with van der Waals surface area (Å²) < 4.78 is 15.9. The van der Waals surface area contributed by atoms with Gasteiger partial charge in [0.05, 0.1) is 24.5 Å². The van der Waals surface area contributed by atoms with Crippen molar-refractivity contribution in [2.45, 2.75) is 6.92 Å². The van der Waals surface area contributed by atoms with E-state index in [0.29, 0.717) is 17.0 Å². The Balaban J connectivity index is 1.44. The average molecular weight is 390 g/mol. The number of aromatic nitrogens is 1. The van der Waals surface area contributed by atoms with Crippen LogP contribution >= 0.6 is 0 Å². The van der Waals surface area contributed by atoms with Crippen molar-refractivity contribution in [3.63, 3.8) is 0 Å². The van der Waals surface area contributed by atoms with Crippen molar-refractivity contribution >= 4 is 33.5 Å². The first-order valence-corrected chi connectivity index (χ1v) is 8.93. The second-order valence-electron chi connectivity index (χ2n) is 6.53. The molecule has 0 bridgehead atoms. The number of hydrogen-bond acceptors (Lipinski definition) is 6. The Morgan fingerprint density at radius 3 is 2.76 bits per heavy atom. The van der Waals surface area contributed by atoms with Crippen molar-refractivity contribution in [1.82, 2.24) is 4.98 Å². The molecule has 0 fully saturated rings. The maximum atomic E-state index is 12.2. The number of pyridine rings is 1. The highest BCUT2D eigenvalue weighted by Crippen LogP contribution is 2.23. The van der Waals surface area contributed by atoms with Crippen LogP contribution in [0.5, 0.6) is 11.5 Å². The SMILES string of the molecule is COc1ccc2cc(NC(=O)COc3ccc4c(C)cc(=O)oc4c3)cnc2c1. The summed E-state index contributed by atoms with van der Waals surface area (Å²) in [5, 5.41) is 4.46. The molecule has 0 saturated carbocycles. The Morgan fingerprint density at radius 1 is 1.10 bits per heavy atom. The molecule has 146 valence electrons. The summed E-state index contributed by atoms with van der Waals surface area (Å²) in [7, 11) is 1.60. The van der Waals surface area contributed by atoms with Crippen molar-refractivity contribution < 1.29 is 18.7 Å². The second kappa shape index (κ2) is 7.63. The number of nitrogens with one attached hydrogen (secondary N) is 1. The van der Waals surface area contributed by atoms with Crippen molar-refractivity contribution in [3.05, 3.63) is 70.7 Å². The minimum absolute atomic E-state index is 0.192. The van der Waals surface area contributed by atoms with Gasteiger partial charge in [-0.05, 0) is 42.8 Å². The first-order valence-electron chi connectivity index (χ1n) is 8.93. The molecule has 7 heteroatoms. The van der Waals surface area contributed by atoms with E-state index in [0.717, 1.165) is 27.6 Å². The molecule has 4 rings (SSSR count). The number of methoxy groups -OCH3 is 1. The van der Waals surface area contributed by atoms with E-state index in [1.54, 1.807) is 31.5 Å². The molecule has 0 radical (unpaired) electrons. The lowest BCUT2D eigenvalue weighted by molar-refractivity contribution is -0.118. The fourth-order valence-electron chi connectivity index (χ4n) is 3.04. The number of carbonyl (C=O) groups is 1. The lowest BCUT2D eigenvalue weighted by Gasteiger charge is -2.09. The number of nitrogens with zero attached hydrogens (tertiary/aromatic N) is 1. The van der Waals surface area contributed by atoms with E-state index in [1.807, 2.05) is 31.2 Å². The molecular formula is C22H18N2O5. The van der Waals surface area contributed by atoms with Crippen LogP contribution in [-0.4, -0.2) is 24.6 Å². The Morgan fingerprint density at radius 2 is 1.93 bits per heavy atom. The zero-order valence-corrected chi connectivity index (χ0v) is 15.9. The molecule has 4 aromatic rings. The molecule has 29 heavy (non-hydrogen) atoms. The maximum Gasteiger partial charge on any atom is 0.336 e. The molecular weight excluding hydrogens is 372 g/mol. The highest BCUT2D eigenvalue weighted by Gasteiger charge is 2.08. The van der Waals surface area contributed by atoms with E-state index in [-0.39, 0.29) is 12.5 Å². The Hall–Kier alpha value is -3.87. The summed E-state index contributed by atoms with van der Waals surface area (Å²) in [6.07, 6.45) is 1.58. The van der Waals surface area contributed by atoms with Crippen molar-refractivity contribution in [2.75, 3.05) is 19.0 Å². The zero-order valence-electron chi connectivity index (χ0n) is 15.9. The van der Waals surface area contributed by atoms with E-state index in [9.17, 15) is 9.59 Å². The van der Waals surface area contributed by atoms with Crippen molar-refractivity contribution in [1.29, 1.82) is 0 Å². The monoisotopic (exact) mass is 390 g/mol. The number of hydrogen-bond donors (Lipinski definition) is 1. The Labute approximate surface area is 165 Å². The quantitative estimate of drug-likeness (QED) is 0.523. The van der Waals surface area contributed by atoms with Gasteiger partial charge in [-0.3, -0.25) is 9.78 Å². The normalized spacial score (nSPS) is 10.8. The predicted octanol–water partition coefficient (Wildman–Crippen LogP) is 3.68. The van der Waals surface area contributed by atoms with Crippen LogP contribution in [0, 0.1) is 6.92 Å². The minimum atomic E-state index is -0.425. The molecule has 1 N–H and O–H groups in total. The fraction of sp³-hybridized carbons (Fsp3) is 0.136. The standard InChI is InChI=1S/C22H18N2O5/c1-13-7-22(26)29-20-10-17(5-6-18(13)20)28-12-21(25)24-15-8-14-3-4-16(27-2)9-19(14)23-11-15/h3-11H,12H2,1-2H3,(H,24,25). The van der Waals surface area contributed by atoms with Gasteiger partial charge in [-0.25, -0.2) is 4.79 Å². The number of fused-ring (bicyclic) bond motifs is 2. The second-order valence-corrected chi connectivity index (χ2v) is 6.53. The largest absolute Gasteiger partial charge is 0.497 e. The topological polar surface area (TPSA) is 90.7 Å². The van der Waals surface area contributed by atoms with Gasteiger partial charge in [-0.1, -0.05) is 0 Å². The third-order valence-corrected chi connectivity index (χ3v) is 4.47. The summed E-state index contributed by atoms with van der Waals surface area (Å²) in [6, 6.07) is 13.9. The Bertz CT molecular complexity index is 1280. The van der Waals surface area contributed by atoms with Gasteiger partial charge in [0.2, 0.25) is 0 Å². The molecule has 2 aromatic heterocycles. The van der Waals surface area contributed by atoms with Crippen molar-refractivity contribution in [2.24, 2.45) is 0 Å². The molecule has 0 unspecified atom stereocenters. The van der Waals surface area contributed by atoms with Gasteiger partial charge in [0.1, 0.15) is 17.1 Å². The van der Waals surface area contributed by atoms with Crippen LogP contribution in [0.4, 0.5) is 5.69 Å². The van der Waals surface area contributed by atoms with Gasteiger partial charge < -0.3 is 19.2 Å². The number of anilines is 1. The molecule has 1 amide bonds. The first-order chi connectivity index (χ1) is 14.0. The van der Waals surface area contributed by atoms with Gasteiger partial charge in [0.25, 0.3) is 5.91 Å². The van der Waals surface area contributed by atoms with Crippen LogP contribution < -0.4 is 20.4 Å². The van der Waals surface area contributed by atoms with E-state index in [4.69, 9.17) is 13.9 Å². The summed E-state index contributed by atoms with van der Waals surface area (Å²) >= 11 is 0. The number of ether oxygens (including phenoxy) is 2. The summed E-state index contributed by atoms with van der Waals surface area (Å²) in [4.78, 5) is 28.1. The van der Waals surface area contributed by atoms with Gasteiger partial charge >= 0.3 is 5.63 Å². The summed E-state index contributed by atoms with van der Waals surface area (Å²) in [6.45, 7) is 1.64. The molecule has 2 aromatic carbocycles. The molecule has 0 aliphatic heterocycles. The lowest BCUT2D eigenvalue weighted by atomic mass is 10.1. The summed E-state index contributed by atoms with van der Waals surface area (Å²) in [5.41, 5.74) is 2.15. The van der Waals surface area contributed by atoms with Crippen LogP contribution in [0.1, 0.15) is 5.56 Å². The van der Waals surface area contributed by atoms with Gasteiger partial charge in [-0.15, -0.1) is 0 Å². The average Bonchev–Trinajstić information content (AvgIpc) is 2.71. The third kappa shape index (κ3) is 4.03. The molecule has 0 atom stereocenters. The highest BCUT2D eigenvalue weighted by atomic mass is 16.5. The highest BCUT2D eigenvalue weighted by molar-refractivity contribution is 5.94. The number of aryl methyl sites for hydroxylation is 1. The number of carbonyl (C=O) groups excluding carboxylic acids is 1. The van der Waals surface area contributed by atoms with Gasteiger partial charge in [0, 0.05) is 29.0 Å². The number of rotatable bonds is 5. The van der Waals surface area contributed by atoms with Crippen LogP contribution in [0.3, 0.4) is 0 Å². The smallest absolute Gasteiger partial charge is 0.336 e. The molecule has 0 saturated heterocycles. The predicted molar refractivity (Wildman–Crippen MR) is 110 cm³/mol. The van der Waals surface area contributed by atoms with E-state index >= 15 is 0 Å². The van der Waals surface area contributed by atoms with Crippen LogP contribution in [0.25, 0.3) is 21.9 Å². The van der Waals surface area contributed by atoms with Crippen LogP contribution in [-0.2, 0) is 4.79 Å². The van der Waals surface area contributed by atoms with Gasteiger partial charge in [0.15, 0.2) is 6.61 Å². The van der Waals surface area contributed by atoms with E-state index in [1.165, 1.54) is 6.07 Å². The van der Waals surface area contributed by atoms with Gasteiger partial charge in [-0.2, -0.15) is 0 Å². The van der Waals surface area contributed by atoms with E-state index in [2.05, 4.69) is 10.3 Å². The maximum absolute atomic E-state index is 12.2. The first kappa shape index (κ1) is 18.5. The lowest BCUT2D eigenvalue weighted by Crippen LogP contribution is -2.20. The fourth-order valence-corrected chi connectivity index (χ4v) is 3.04. The van der Waals surface area contributed by atoms with Crippen LogP contribution in [0.2, 0.25) is 0 Å². The molecule has 0 spiro atoms.